The zero-order valence-electron chi connectivity index (χ0n) is 14.2. The highest BCUT2D eigenvalue weighted by Crippen LogP contribution is 2.53. The van der Waals surface area contributed by atoms with Crippen molar-refractivity contribution in [3.05, 3.63) is 82.9 Å². The molecular formula is C22H18NO2+. The lowest BCUT2D eigenvalue weighted by molar-refractivity contribution is 0.102. The number of likely N-dealkylation sites (N-methyl/N-ethyl adjacent to an activating group) is 1. The maximum atomic E-state index is 13.1. The summed E-state index contributed by atoms with van der Waals surface area (Å²) in [6.07, 6.45) is 0. The van der Waals surface area contributed by atoms with E-state index in [2.05, 4.69) is 44.4 Å². The fourth-order valence-corrected chi connectivity index (χ4v) is 4.56. The van der Waals surface area contributed by atoms with Crippen molar-refractivity contribution in [1.29, 1.82) is 0 Å². The Morgan fingerprint density at radius 3 is 2.28 bits per heavy atom. The Labute approximate surface area is 146 Å². The molecule has 5 rings (SSSR count). The van der Waals surface area contributed by atoms with Gasteiger partial charge in [0.15, 0.2) is 11.8 Å². The number of benzene rings is 3. The first-order chi connectivity index (χ1) is 12.0. The summed E-state index contributed by atoms with van der Waals surface area (Å²) in [5.41, 5.74) is 4.04. The van der Waals surface area contributed by atoms with Gasteiger partial charge >= 0.3 is 0 Å². The Morgan fingerprint density at radius 1 is 0.880 bits per heavy atom. The molecule has 1 heterocycles. The zero-order valence-corrected chi connectivity index (χ0v) is 14.2. The Balaban J connectivity index is 1.82. The molecular weight excluding hydrogens is 310 g/mol. The van der Waals surface area contributed by atoms with Crippen molar-refractivity contribution in [2.24, 2.45) is 0 Å². The average molecular weight is 328 g/mol. The van der Waals surface area contributed by atoms with Crippen LogP contribution in [0.25, 0.3) is 16.5 Å². The van der Waals surface area contributed by atoms with E-state index < -0.39 is 0 Å². The predicted molar refractivity (Wildman–Crippen MR) is 101 cm³/mol. The molecule has 0 radical (unpaired) electrons. The molecule has 3 heteroatoms. The third-order valence-corrected chi connectivity index (χ3v) is 5.68. The number of rotatable bonds is 1. The van der Waals surface area contributed by atoms with Gasteiger partial charge in [-0.05, 0) is 11.5 Å². The highest BCUT2D eigenvalue weighted by Gasteiger charge is 2.49. The summed E-state index contributed by atoms with van der Waals surface area (Å²) in [4.78, 5) is 13.1. The second-order valence-corrected chi connectivity index (χ2v) is 7.30. The molecule has 3 aromatic carbocycles. The monoisotopic (exact) mass is 328 g/mol. The zero-order chi connectivity index (χ0) is 17.3. The number of hydrogen-bond donors (Lipinski definition) is 1. The van der Waals surface area contributed by atoms with E-state index >= 15 is 0 Å². The molecule has 1 aliphatic carbocycles. The lowest BCUT2D eigenvalue weighted by Crippen LogP contribution is -2.43. The number of Topliss-reactive ketones (excluding diaryl/α,β-unsaturated/α-hetero) is 1. The summed E-state index contributed by atoms with van der Waals surface area (Å²) < 4.78 is 0.524. The fourth-order valence-electron chi connectivity index (χ4n) is 4.56. The molecule has 0 saturated heterocycles. The third-order valence-electron chi connectivity index (χ3n) is 5.68. The maximum Gasteiger partial charge on any atom is 0.199 e. The highest BCUT2D eigenvalue weighted by atomic mass is 16.3. The largest absolute Gasteiger partial charge is 0.507 e. The van der Waals surface area contributed by atoms with Crippen molar-refractivity contribution < 1.29 is 9.90 Å². The van der Waals surface area contributed by atoms with Gasteiger partial charge in [0, 0.05) is 16.7 Å². The van der Waals surface area contributed by atoms with Crippen molar-refractivity contribution in [3.63, 3.8) is 0 Å². The Morgan fingerprint density at radius 2 is 1.56 bits per heavy atom. The summed E-state index contributed by atoms with van der Waals surface area (Å²) in [5.74, 6) is 0.0655. The van der Waals surface area contributed by atoms with Crippen LogP contribution in [0.2, 0.25) is 0 Å². The molecule has 0 amide bonds. The molecule has 0 fully saturated rings. The number of ketones is 1. The quantitative estimate of drug-likeness (QED) is 0.662. The number of aliphatic hydroxyl groups is 1. The molecule has 122 valence electrons. The average Bonchev–Trinajstić information content (AvgIpc) is 2.99. The van der Waals surface area contributed by atoms with E-state index in [-0.39, 0.29) is 17.6 Å². The van der Waals surface area contributed by atoms with Crippen LogP contribution in [-0.2, 0) is 0 Å². The van der Waals surface area contributed by atoms with E-state index in [9.17, 15) is 9.90 Å². The molecule has 1 atom stereocenters. The summed E-state index contributed by atoms with van der Waals surface area (Å²) in [5, 5.41) is 13.3. The number of carbonyl (C=O) groups is 1. The van der Waals surface area contributed by atoms with Crippen molar-refractivity contribution in [3.8, 4) is 0 Å². The van der Waals surface area contributed by atoms with Crippen LogP contribution >= 0.6 is 0 Å². The van der Waals surface area contributed by atoms with Crippen LogP contribution in [0.3, 0.4) is 0 Å². The Kier molecular flexibility index (Phi) is 2.65. The number of hydrogen-bond acceptors (Lipinski definition) is 2. The van der Waals surface area contributed by atoms with Crippen molar-refractivity contribution >= 4 is 28.0 Å². The Hall–Kier alpha value is -2.91. The van der Waals surface area contributed by atoms with Crippen molar-refractivity contribution in [2.75, 3.05) is 14.1 Å². The van der Waals surface area contributed by atoms with E-state index in [4.69, 9.17) is 0 Å². The van der Waals surface area contributed by atoms with Gasteiger partial charge in [-0.2, -0.15) is 0 Å². The van der Waals surface area contributed by atoms with Crippen LogP contribution < -0.4 is 4.48 Å². The summed E-state index contributed by atoms with van der Waals surface area (Å²) in [6, 6.07) is 19.6. The van der Waals surface area contributed by atoms with E-state index in [0.29, 0.717) is 21.2 Å². The molecule has 3 aromatic rings. The smallest absolute Gasteiger partial charge is 0.199 e. The molecule has 1 aliphatic heterocycles. The van der Waals surface area contributed by atoms with Crippen LogP contribution in [0.4, 0.5) is 5.69 Å². The molecule has 0 bridgehead atoms. The lowest BCUT2D eigenvalue weighted by Gasteiger charge is -2.33. The minimum absolute atomic E-state index is 0.0610. The van der Waals surface area contributed by atoms with Gasteiger partial charge in [0.2, 0.25) is 0 Å². The summed E-state index contributed by atoms with van der Waals surface area (Å²) in [7, 11) is 4.21. The van der Waals surface area contributed by atoms with Gasteiger partial charge in [-0.25, -0.2) is 0 Å². The van der Waals surface area contributed by atoms with E-state index in [1.165, 1.54) is 16.5 Å². The molecule has 1 unspecified atom stereocenters. The number of aliphatic hydroxyl groups excluding tert-OH is 1. The predicted octanol–water partition coefficient (Wildman–Crippen LogP) is 4.63. The number of carbonyl (C=O) groups excluding carboxylic acids is 1. The van der Waals surface area contributed by atoms with Gasteiger partial charge in [0.1, 0.15) is 17.0 Å². The van der Waals surface area contributed by atoms with Crippen LogP contribution in [0.1, 0.15) is 27.5 Å². The number of quaternary nitrogens is 1. The summed E-state index contributed by atoms with van der Waals surface area (Å²) >= 11 is 0. The normalized spacial score (nSPS) is 20.4. The van der Waals surface area contributed by atoms with E-state index in [1.807, 2.05) is 24.3 Å². The summed E-state index contributed by atoms with van der Waals surface area (Å²) in [6.45, 7) is 0. The molecule has 0 aromatic heterocycles. The van der Waals surface area contributed by atoms with Crippen LogP contribution in [0.15, 0.2) is 66.2 Å². The van der Waals surface area contributed by atoms with Crippen LogP contribution in [0.5, 0.6) is 0 Å². The SMILES string of the molecule is C[N+]1(C)c2cccc3cccc(c23)C1C1=C(O)c2ccccc2C1=O. The first kappa shape index (κ1) is 14.4. The van der Waals surface area contributed by atoms with Crippen molar-refractivity contribution in [1.82, 2.24) is 4.48 Å². The van der Waals surface area contributed by atoms with Gasteiger partial charge in [-0.15, -0.1) is 0 Å². The standard InChI is InChI=1S/C22H17NO2/c1-23(2)17-12-6-8-13-7-5-11-16(18(13)17)20(23)19-21(24)14-9-3-4-10-15(14)22(19)25/h3-12,20H,1-2H3/p+1. The Bertz CT molecular complexity index is 1100. The second kappa shape index (κ2) is 4.58. The lowest BCUT2D eigenvalue weighted by atomic mass is 9.94. The van der Waals surface area contributed by atoms with Gasteiger partial charge < -0.3 is 5.11 Å². The topological polar surface area (TPSA) is 37.3 Å². The molecule has 0 spiro atoms. The molecule has 3 nitrogen and oxygen atoms in total. The minimum Gasteiger partial charge on any atom is -0.507 e. The maximum absolute atomic E-state index is 13.1. The fraction of sp³-hybridized carbons (Fsp3) is 0.136. The molecule has 2 aliphatic rings. The van der Waals surface area contributed by atoms with E-state index in [1.54, 1.807) is 6.07 Å². The van der Waals surface area contributed by atoms with Gasteiger partial charge in [-0.1, -0.05) is 54.6 Å². The molecule has 1 N–H and O–H groups in total. The second-order valence-electron chi connectivity index (χ2n) is 7.30. The minimum atomic E-state index is -0.207. The van der Waals surface area contributed by atoms with Gasteiger partial charge in [0.25, 0.3) is 0 Å². The number of fused-ring (bicyclic) bond motifs is 1. The number of nitrogens with zero attached hydrogens (tertiary/aromatic N) is 1. The first-order valence-electron chi connectivity index (χ1n) is 8.45. The van der Waals surface area contributed by atoms with Gasteiger partial charge in [0.05, 0.1) is 19.5 Å². The molecule has 25 heavy (non-hydrogen) atoms. The van der Waals surface area contributed by atoms with Crippen LogP contribution in [0, 0.1) is 0 Å². The first-order valence-corrected chi connectivity index (χ1v) is 8.45. The van der Waals surface area contributed by atoms with Gasteiger partial charge in [-0.3, -0.25) is 9.28 Å². The van der Waals surface area contributed by atoms with Crippen LogP contribution in [-0.4, -0.2) is 25.0 Å². The highest BCUT2D eigenvalue weighted by molar-refractivity contribution is 6.21. The molecule has 0 saturated carbocycles. The van der Waals surface area contributed by atoms with E-state index in [0.717, 1.165) is 5.56 Å². The third kappa shape index (κ3) is 1.66. The van der Waals surface area contributed by atoms with Crippen molar-refractivity contribution in [2.45, 2.75) is 6.04 Å².